The van der Waals surface area contributed by atoms with Crippen molar-refractivity contribution in [1.82, 2.24) is 15.2 Å². The van der Waals surface area contributed by atoms with Gasteiger partial charge in [0, 0.05) is 12.2 Å². The summed E-state index contributed by atoms with van der Waals surface area (Å²) in [5.74, 6) is 2.55. The number of nitrogens with one attached hydrogen (secondary N) is 2. The molecule has 0 saturated heterocycles. The third-order valence-corrected chi connectivity index (χ3v) is 4.28. The van der Waals surface area contributed by atoms with E-state index in [1.165, 1.54) is 5.56 Å². The Morgan fingerprint density at radius 1 is 1.04 bits per heavy atom. The maximum Gasteiger partial charge on any atom is 0.244 e. The lowest BCUT2D eigenvalue weighted by atomic mass is 10.0. The molecule has 0 unspecified atom stereocenters. The van der Waals surface area contributed by atoms with E-state index in [1.54, 1.807) is 13.3 Å². The van der Waals surface area contributed by atoms with E-state index in [-0.39, 0.29) is 0 Å². The van der Waals surface area contributed by atoms with Crippen molar-refractivity contribution in [3.8, 4) is 5.75 Å². The van der Waals surface area contributed by atoms with Gasteiger partial charge in [-0.05, 0) is 41.7 Å². The van der Waals surface area contributed by atoms with E-state index in [0.717, 1.165) is 23.4 Å². The highest BCUT2D eigenvalue weighted by molar-refractivity contribution is 5.56. The van der Waals surface area contributed by atoms with Crippen LogP contribution >= 0.6 is 0 Å². The molecule has 6 heteroatoms. The molecule has 0 aliphatic rings. The summed E-state index contributed by atoms with van der Waals surface area (Å²) in [4.78, 5) is 4.47. The number of methoxy groups -OCH3 is 1. The standard InChI is InChI=1S/C21H25N5O/c1-15(2)16-8-10-18(11-9-16)24-20-14-23-26-21(25-20)22-13-12-17-6-4-5-7-19(17)27-3/h4-11,14-15H,12-13H2,1-3H3,(H2,22,24,25,26). The first kappa shape index (κ1) is 18.6. The first-order chi connectivity index (χ1) is 13.2. The highest BCUT2D eigenvalue weighted by Crippen LogP contribution is 2.20. The van der Waals surface area contributed by atoms with Crippen LogP contribution < -0.4 is 15.4 Å². The van der Waals surface area contributed by atoms with Crippen molar-refractivity contribution in [3.05, 3.63) is 65.9 Å². The van der Waals surface area contributed by atoms with Gasteiger partial charge in [0.2, 0.25) is 5.95 Å². The van der Waals surface area contributed by atoms with Crippen molar-refractivity contribution < 1.29 is 4.74 Å². The second-order valence-corrected chi connectivity index (χ2v) is 6.56. The molecule has 3 aromatic rings. The number of hydrogen-bond donors (Lipinski definition) is 2. The van der Waals surface area contributed by atoms with Gasteiger partial charge in [-0.2, -0.15) is 10.1 Å². The van der Waals surface area contributed by atoms with E-state index < -0.39 is 0 Å². The van der Waals surface area contributed by atoms with Gasteiger partial charge in [-0.1, -0.05) is 44.2 Å². The molecule has 0 fully saturated rings. The molecule has 0 amide bonds. The minimum atomic E-state index is 0.494. The summed E-state index contributed by atoms with van der Waals surface area (Å²) in [6, 6.07) is 16.3. The van der Waals surface area contributed by atoms with Crippen LogP contribution in [0.4, 0.5) is 17.5 Å². The lowest BCUT2D eigenvalue weighted by Gasteiger charge is -2.10. The van der Waals surface area contributed by atoms with E-state index in [2.05, 4.69) is 57.9 Å². The SMILES string of the molecule is COc1ccccc1CCNc1nncc(Nc2ccc(C(C)C)cc2)n1. The Morgan fingerprint density at radius 3 is 2.56 bits per heavy atom. The van der Waals surface area contributed by atoms with Crippen molar-refractivity contribution >= 4 is 17.5 Å². The molecule has 1 heterocycles. The molecule has 0 aliphatic heterocycles. The molecule has 0 radical (unpaired) electrons. The van der Waals surface area contributed by atoms with Crippen LogP contribution in [0.15, 0.2) is 54.7 Å². The summed E-state index contributed by atoms with van der Waals surface area (Å²) < 4.78 is 5.38. The fraction of sp³-hybridized carbons (Fsp3) is 0.286. The van der Waals surface area contributed by atoms with Crippen molar-refractivity contribution in [1.29, 1.82) is 0 Å². The third-order valence-electron chi connectivity index (χ3n) is 4.28. The molecule has 140 valence electrons. The monoisotopic (exact) mass is 363 g/mol. The molecule has 0 atom stereocenters. The lowest BCUT2D eigenvalue weighted by molar-refractivity contribution is 0.410. The van der Waals surface area contributed by atoms with E-state index in [0.29, 0.717) is 24.2 Å². The number of aromatic nitrogens is 3. The van der Waals surface area contributed by atoms with Gasteiger partial charge in [0.25, 0.3) is 0 Å². The fourth-order valence-electron chi connectivity index (χ4n) is 2.76. The van der Waals surface area contributed by atoms with E-state index >= 15 is 0 Å². The van der Waals surface area contributed by atoms with Gasteiger partial charge in [0.15, 0.2) is 5.82 Å². The Labute approximate surface area is 160 Å². The average molecular weight is 363 g/mol. The zero-order valence-corrected chi connectivity index (χ0v) is 15.9. The van der Waals surface area contributed by atoms with E-state index in [1.807, 2.05) is 30.3 Å². The van der Waals surface area contributed by atoms with Crippen LogP contribution in [0.3, 0.4) is 0 Å². The molecule has 3 rings (SSSR count). The normalized spacial score (nSPS) is 10.7. The molecular formula is C21H25N5O. The van der Waals surface area contributed by atoms with Gasteiger partial charge in [0.05, 0.1) is 13.3 Å². The van der Waals surface area contributed by atoms with Crippen LogP contribution in [0.25, 0.3) is 0 Å². The predicted molar refractivity (Wildman–Crippen MR) is 109 cm³/mol. The zero-order chi connectivity index (χ0) is 19.1. The fourth-order valence-corrected chi connectivity index (χ4v) is 2.76. The Balaban J connectivity index is 1.58. The summed E-state index contributed by atoms with van der Waals surface area (Å²) in [5, 5.41) is 14.5. The summed E-state index contributed by atoms with van der Waals surface area (Å²) in [5.41, 5.74) is 3.42. The molecule has 0 spiro atoms. The maximum atomic E-state index is 5.38. The van der Waals surface area contributed by atoms with Crippen LogP contribution in [0.2, 0.25) is 0 Å². The first-order valence-electron chi connectivity index (χ1n) is 9.08. The number of ether oxygens (including phenoxy) is 1. The molecule has 0 saturated carbocycles. The summed E-state index contributed by atoms with van der Waals surface area (Å²) >= 11 is 0. The van der Waals surface area contributed by atoms with E-state index in [4.69, 9.17) is 4.74 Å². The highest BCUT2D eigenvalue weighted by Gasteiger charge is 2.04. The van der Waals surface area contributed by atoms with Crippen LogP contribution in [-0.2, 0) is 6.42 Å². The number of rotatable bonds is 8. The largest absolute Gasteiger partial charge is 0.496 e. The zero-order valence-electron chi connectivity index (χ0n) is 15.9. The minimum absolute atomic E-state index is 0.494. The quantitative estimate of drug-likeness (QED) is 0.618. The lowest BCUT2D eigenvalue weighted by Crippen LogP contribution is -2.10. The van der Waals surface area contributed by atoms with Crippen molar-refractivity contribution in [2.45, 2.75) is 26.2 Å². The summed E-state index contributed by atoms with van der Waals surface area (Å²) in [7, 11) is 1.68. The molecule has 0 aliphatic carbocycles. The second kappa shape index (κ2) is 8.98. The van der Waals surface area contributed by atoms with Crippen molar-refractivity contribution in [2.24, 2.45) is 0 Å². The van der Waals surface area contributed by atoms with Gasteiger partial charge in [-0.25, -0.2) is 0 Å². The number of benzene rings is 2. The summed E-state index contributed by atoms with van der Waals surface area (Å²) in [6.07, 6.45) is 2.42. The Hall–Kier alpha value is -3.15. The van der Waals surface area contributed by atoms with Crippen molar-refractivity contribution in [2.75, 3.05) is 24.3 Å². The van der Waals surface area contributed by atoms with Crippen LogP contribution in [0.5, 0.6) is 5.75 Å². The topological polar surface area (TPSA) is 72.0 Å². The second-order valence-electron chi connectivity index (χ2n) is 6.56. The maximum absolute atomic E-state index is 5.38. The Morgan fingerprint density at radius 2 is 1.81 bits per heavy atom. The third kappa shape index (κ3) is 5.17. The number of anilines is 3. The molecule has 6 nitrogen and oxygen atoms in total. The van der Waals surface area contributed by atoms with Crippen LogP contribution in [-0.4, -0.2) is 28.8 Å². The van der Waals surface area contributed by atoms with Crippen molar-refractivity contribution in [3.63, 3.8) is 0 Å². The van der Waals surface area contributed by atoms with Crippen LogP contribution in [0.1, 0.15) is 30.9 Å². The minimum Gasteiger partial charge on any atom is -0.496 e. The first-order valence-corrected chi connectivity index (χ1v) is 9.08. The Kier molecular flexibility index (Phi) is 6.20. The average Bonchev–Trinajstić information content (AvgIpc) is 2.69. The van der Waals surface area contributed by atoms with Gasteiger partial charge >= 0.3 is 0 Å². The number of para-hydroxylation sites is 1. The van der Waals surface area contributed by atoms with Gasteiger partial charge in [-0.3, -0.25) is 0 Å². The Bertz CT molecular complexity index is 864. The molecule has 1 aromatic heterocycles. The number of nitrogens with zero attached hydrogens (tertiary/aromatic N) is 3. The summed E-state index contributed by atoms with van der Waals surface area (Å²) in [6.45, 7) is 5.05. The number of hydrogen-bond acceptors (Lipinski definition) is 6. The van der Waals surface area contributed by atoms with Gasteiger partial charge < -0.3 is 15.4 Å². The molecule has 27 heavy (non-hydrogen) atoms. The molecule has 2 N–H and O–H groups in total. The predicted octanol–water partition coefficient (Wildman–Crippen LogP) is 4.40. The molecule has 0 bridgehead atoms. The smallest absolute Gasteiger partial charge is 0.244 e. The van der Waals surface area contributed by atoms with Crippen LogP contribution in [0, 0.1) is 0 Å². The van der Waals surface area contributed by atoms with Gasteiger partial charge in [-0.15, -0.1) is 5.10 Å². The highest BCUT2D eigenvalue weighted by atomic mass is 16.5. The van der Waals surface area contributed by atoms with E-state index in [9.17, 15) is 0 Å². The van der Waals surface area contributed by atoms with Gasteiger partial charge in [0.1, 0.15) is 5.75 Å². The molecular weight excluding hydrogens is 338 g/mol. The molecule has 2 aromatic carbocycles.